The number of aromatic nitrogens is 6. The van der Waals surface area contributed by atoms with Crippen LogP contribution < -0.4 is 9.80 Å². The van der Waals surface area contributed by atoms with Gasteiger partial charge in [0.05, 0.1) is 5.52 Å². The number of anilines is 2. The van der Waals surface area contributed by atoms with Gasteiger partial charge in [-0.1, -0.05) is 0 Å². The van der Waals surface area contributed by atoms with Crippen molar-refractivity contribution in [2.75, 3.05) is 36.0 Å². The van der Waals surface area contributed by atoms with E-state index in [2.05, 4.69) is 29.8 Å². The van der Waals surface area contributed by atoms with E-state index in [1.54, 1.807) is 6.33 Å². The number of imidazole rings is 1. The number of aryl methyl sites for hydroxylation is 1. The van der Waals surface area contributed by atoms with Gasteiger partial charge >= 0.3 is 6.18 Å². The molecule has 1 aliphatic rings. The predicted octanol–water partition coefficient (Wildman–Crippen LogP) is 2.65. The van der Waals surface area contributed by atoms with Gasteiger partial charge in [-0.2, -0.15) is 13.2 Å². The molecule has 8 nitrogen and oxygen atoms in total. The van der Waals surface area contributed by atoms with Gasteiger partial charge in [0, 0.05) is 50.5 Å². The normalized spacial score (nSPS) is 15.6. The van der Waals surface area contributed by atoms with Crippen molar-refractivity contribution in [2.24, 2.45) is 0 Å². The molecule has 1 fully saturated rings. The molecule has 5 rings (SSSR count). The zero-order valence-electron chi connectivity index (χ0n) is 15.5. The second kappa shape index (κ2) is 6.33. The SMILES string of the molecule is Cc1cc2ncnc(N3CCN(c4nccn5cc(C(F)(F)F)nc45)CC3)c2[nH]1. The molecule has 0 atom stereocenters. The highest BCUT2D eigenvalue weighted by Gasteiger charge is 2.35. The van der Waals surface area contributed by atoms with Crippen LogP contribution >= 0.6 is 0 Å². The lowest BCUT2D eigenvalue weighted by molar-refractivity contribution is -0.140. The first-order chi connectivity index (χ1) is 13.9. The highest BCUT2D eigenvalue weighted by Crippen LogP contribution is 2.31. The van der Waals surface area contributed by atoms with Gasteiger partial charge in [0.2, 0.25) is 0 Å². The Morgan fingerprint density at radius 3 is 2.45 bits per heavy atom. The van der Waals surface area contributed by atoms with Crippen molar-refractivity contribution in [3.8, 4) is 0 Å². The summed E-state index contributed by atoms with van der Waals surface area (Å²) >= 11 is 0. The average molecular weight is 402 g/mol. The second-order valence-electron chi connectivity index (χ2n) is 6.99. The summed E-state index contributed by atoms with van der Waals surface area (Å²) < 4.78 is 40.5. The van der Waals surface area contributed by atoms with Crippen molar-refractivity contribution < 1.29 is 13.2 Å². The molecule has 0 aromatic carbocycles. The van der Waals surface area contributed by atoms with Crippen LogP contribution in [0.15, 0.2) is 31.0 Å². The third kappa shape index (κ3) is 3.02. The molecule has 0 amide bonds. The van der Waals surface area contributed by atoms with Crippen molar-refractivity contribution in [1.82, 2.24) is 29.3 Å². The minimum absolute atomic E-state index is 0.206. The molecule has 0 bridgehead atoms. The third-order valence-corrected chi connectivity index (χ3v) is 5.06. The van der Waals surface area contributed by atoms with E-state index in [1.807, 2.05) is 17.9 Å². The Bertz CT molecular complexity index is 1190. The van der Waals surface area contributed by atoms with Crippen LogP contribution in [-0.4, -0.2) is 55.5 Å². The van der Waals surface area contributed by atoms with Gasteiger partial charge < -0.3 is 19.2 Å². The molecular weight excluding hydrogens is 385 g/mol. The van der Waals surface area contributed by atoms with E-state index in [0.717, 1.165) is 28.7 Å². The van der Waals surface area contributed by atoms with Gasteiger partial charge in [0.1, 0.15) is 11.8 Å². The number of fused-ring (bicyclic) bond motifs is 2. The summed E-state index contributed by atoms with van der Waals surface area (Å²) in [4.78, 5) is 24.2. The van der Waals surface area contributed by atoms with Gasteiger partial charge in [-0.05, 0) is 13.0 Å². The van der Waals surface area contributed by atoms with Gasteiger partial charge in [0.15, 0.2) is 23.0 Å². The molecule has 150 valence electrons. The number of H-pyrrole nitrogens is 1. The smallest absolute Gasteiger partial charge is 0.354 e. The summed E-state index contributed by atoms with van der Waals surface area (Å²) in [5.41, 5.74) is 2.05. The van der Waals surface area contributed by atoms with E-state index in [-0.39, 0.29) is 5.65 Å². The van der Waals surface area contributed by atoms with Gasteiger partial charge in [-0.3, -0.25) is 0 Å². The van der Waals surface area contributed by atoms with Crippen LogP contribution in [0.4, 0.5) is 24.8 Å². The summed E-state index contributed by atoms with van der Waals surface area (Å²) in [5, 5.41) is 0. The first-order valence-electron chi connectivity index (χ1n) is 9.11. The Balaban J connectivity index is 1.41. The molecule has 0 spiro atoms. The van der Waals surface area contributed by atoms with Crippen LogP contribution in [0.3, 0.4) is 0 Å². The zero-order chi connectivity index (χ0) is 20.2. The minimum atomic E-state index is -4.49. The summed E-state index contributed by atoms with van der Waals surface area (Å²) in [7, 11) is 0. The lowest BCUT2D eigenvalue weighted by Crippen LogP contribution is -2.47. The van der Waals surface area contributed by atoms with Gasteiger partial charge in [0.25, 0.3) is 0 Å². The van der Waals surface area contributed by atoms with E-state index in [9.17, 15) is 13.2 Å². The maximum atomic E-state index is 13.0. The average Bonchev–Trinajstić information content (AvgIpc) is 3.30. The number of halogens is 3. The Morgan fingerprint density at radius 1 is 1.00 bits per heavy atom. The second-order valence-corrected chi connectivity index (χ2v) is 6.99. The summed E-state index contributed by atoms with van der Waals surface area (Å²) in [6.45, 7) is 4.45. The lowest BCUT2D eigenvalue weighted by Gasteiger charge is -2.36. The van der Waals surface area contributed by atoms with Crippen molar-refractivity contribution >= 4 is 28.3 Å². The van der Waals surface area contributed by atoms with Gasteiger partial charge in [-0.25, -0.2) is 19.9 Å². The molecule has 29 heavy (non-hydrogen) atoms. The molecule has 11 heteroatoms. The topological polar surface area (TPSA) is 78.2 Å². The van der Waals surface area contributed by atoms with E-state index in [4.69, 9.17) is 0 Å². The first-order valence-corrected chi connectivity index (χ1v) is 9.11. The number of nitrogens with zero attached hydrogens (tertiary/aromatic N) is 7. The third-order valence-electron chi connectivity index (χ3n) is 5.06. The lowest BCUT2D eigenvalue weighted by atomic mass is 10.3. The number of hydrogen-bond donors (Lipinski definition) is 1. The minimum Gasteiger partial charge on any atom is -0.354 e. The van der Waals surface area contributed by atoms with Crippen molar-refractivity contribution in [1.29, 1.82) is 0 Å². The number of piperazine rings is 1. The number of alkyl halides is 3. The predicted molar refractivity (Wildman–Crippen MR) is 101 cm³/mol. The number of aromatic amines is 1. The fourth-order valence-corrected chi connectivity index (χ4v) is 3.69. The number of nitrogens with one attached hydrogen (secondary N) is 1. The van der Waals surface area contributed by atoms with Crippen molar-refractivity contribution in [3.05, 3.63) is 42.4 Å². The van der Waals surface area contributed by atoms with E-state index < -0.39 is 11.9 Å². The molecule has 0 aliphatic carbocycles. The highest BCUT2D eigenvalue weighted by atomic mass is 19.4. The highest BCUT2D eigenvalue weighted by molar-refractivity contribution is 5.86. The molecule has 1 saturated heterocycles. The largest absolute Gasteiger partial charge is 0.434 e. The molecule has 0 unspecified atom stereocenters. The first kappa shape index (κ1) is 17.7. The van der Waals surface area contributed by atoms with Crippen molar-refractivity contribution in [3.63, 3.8) is 0 Å². The van der Waals surface area contributed by atoms with Crippen LogP contribution in [0.25, 0.3) is 16.7 Å². The van der Waals surface area contributed by atoms with Crippen LogP contribution in [0.1, 0.15) is 11.4 Å². The van der Waals surface area contributed by atoms with Crippen LogP contribution in [0, 0.1) is 6.92 Å². The molecular formula is C18H17F3N8. The van der Waals surface area contributed by atoms with E-state index >= 15 is 0 Å². The number of hydrogen-bond acceptors (Lipinski definition) is 6. The monoisotopic (exact) mass is 402 g/mol. The standard InChI is InChI=1S/C18H17F3N8/c1-11-8-12-14(25-11)15(24-10-23-12)27-4-6-28(7-5-27)16-17-26-13(18(19,20)21)9-29(17)3-2-22-16/h2-3,8-10,25H,4-7H2,1H3. The number of rotatable bonds is 2. The quantitative estimate of drug-likeness (QED) is 0.556. The van der Waals surface area contributed by atoms with E-state index in [1.165, 1.54) is 16.8 Å². The molecule has 0 saturated carbocycles. The van der Waals surface area contributed by atoms with Crippen LogP contribution in [0.5, 0.6) is 0 Å². The Hall–Kier alpha value is -3.37. The molecule has 1 aliphatic heterocycles. The molecule has 4 aromatic rings. The molecule has 5 heterocycles. The Labute approximate surface area is 163 Å². The fourth-order valence-electron chi connectivity index (χ4n) is 3.69. The molecule has 1 N–H and O–H groups in total. The molecule has 0 radical (unpaired) electrons. The maximum Gasteiger partial charge on any atom is 0.434 e. The fraction of sp³-hybridized carbons (Fsp3) is 0.333. The summed E-state index contributed by atoms with van der Waals surface area (Å²) in [6.07, 6.45) is 1.01. The Kier molecular flexibility index (Phi) is 3.86. The van der Waals surface area contributed by atoms with Crippen molar-refractivity contribution in [2.45, 2.75) is 13.1 Å². The molecule has 4 aromatic heterocycles. The van der Waals surface area contributed by atoms with Crippen LogP contribution in [0.2, 0.25) is 0 Å². The van der Waals surface area contributed by atoms with Crippen LogP contribution in [-0.2, 0) is 6.18 Å². The van der Waals surface area contributed by atoms with E-state index in [0.29, 0.717) is 32.0 Å². The summed E-state index contributed by atoms with van der Waals surface area (Å²) in [5.74, 6) is 1.28. The zero-order valence-corrected chi connectivity index (χ0v) is 15.5. The Morgan fingerprint density at radius 2 is 1.72 bits per heavy atom. The summed E-state index contributed by atoms with van der Waals surface area (Å²) in [6, 6.07) is 1.97. The van der Waals surface area contributed by atoms with Gasteiger partial charge in [-0.15, -0.1) is 0 Å². The maximum absolute atomic E-state index is 13.0.